The molecule has 0 aliphatic heterocycles. The normalized spacial score (nSPS) is 10.1. The molecule has 0 radical (unpaired) electrons. The van der Waals surface area contributed by atoms with E-state index >= 15 is 0 Å². The molecule has 0 aliphatic carbocycles. The average Bonchev–Trinajstić information content (AvgIpc) is 2.49. The van der Waals surface area contributed by atoms with E-state index in [-0.39, 0.29) is 11.6 Å². The third-order valence-electron chi connectivity index (χ3n) is 3.25. The first-order valence-corrected chi connectivity index (χ1v) is 7.46. The molecule has 2 rings (SSSR count). The van der Waals surface area contributed by atoms with Gasteiger partial charge >= 0.3 is 0 Å². The Morgan fingerprint density at radius 1 is 1.14 bits per heavy atom. The fourth-order valence-electron chi connectivity index (χ4n) is 1.88. The Labute approximate surface area is 135 Å². The second-order valence-electron chi connectivity index (χ2n) is 4.96. The number of halogens is 1. The van der Waals surface area contributed by atoms with Gasteiger partial charge in [-0.2, -0.15) is 0 Å². The molecular weight excluding hydrogens is 299 g/mol. The second-order valence-corrected chi connectivity index (χ2v) is 5.37. The second kappa shape index (κ2) is 7.75. The molecule has 0 fully saturated rings. The van der Waals surface area contributed by atoms with Gasteiger partial charge in [-0.3, -0.25) is 0 Å². The van der Waals surface area contributed by atoms with Gasteiger partial charge in [-0.1, -0.05) is 18.2 Å². The van der Waals surface area contributed by atoms with Gasteiger partial charge in [0.15, 0.2) is 16.7 Å². The number of ether oxygens (including phenoxy) is 1. The van der Waals surface area contributed by atoms with Crippen LogP contribution in [0, 0.1) is 19.7 Å². The Morgan fingerprint density at radius 2 is 1.91 bits per heavy atom. The first kappa shape index (κ1) is 16.2. The predicted molar refractivity (Wildman–Crippen MR) is 92.0 cm³/mol. The summed E-state index contributed by atoms with van der Waals surface area (Å²) in [5.41, 5.74) is 3.38. The van der Waals surface area contributed by atoms with Crippen molar-refractivity contribution < 1.29 is 9.13 Å². The Kier molecular flexibility index (Phi) is 5.72. The summed E-state index contributed by atoms with van der Waals surface area (Å²) in [6.45, 7) is 4.94. The zero-order valence-corrected chi connectivity index (χ0v) is 13.5. The molecule has 0 saturated carbocycles. The van der Waals surface area contributed by atoms with Gasteiger partial charge in [0.25, 0.3) is 0 Å². The molecule has 0 atom stereocenters. The average molecular weight is 318 g/mol. The highest BCUT2D eigenvalue weighted by Crippen LogP contribution is 2.15. The van der Waals surface area contributed by atoms with Crippen molar-refractivity contribution in [2.24, 2.45) is 0 Å². The van der Waals surface area contributed by atoms with Crippen molar-refractivity contribution in [3.05, 3.63) is 59.4 Å². The summed E-state index contributed by atoms with van der Waals surface area (Å²) in [4.78, 5) is 0. The molecule has 116 valence electrons. The fourth-order valence-corrected chi connectivity index (χ4v) is 2.10. The van der Waals surface area contributed by atoms with Gasteiger partial charge in [-0.25, -0.2) is 4.39 Å². The molecule has 3 nitrogen and oxygen atoms in total. The molecule has 2 aromatic carbocycles. The number of anilines is 1. The van der Waals surface area contributed by atoms with Gasteiger partial charge in [0.2, 0.25) is 0 Å². The third-order valence-corrected chi connectivity index (χ3v) is 3.49. The minimum absolute atomic E-state index is 0.248. The number of hydrogen-bond acceptors (Lipinski definition) is 2. The van der Waals surface area contributed by atoms with Crippen LogP contribution in [-0.2, 0) is 0 Å². The van der Waals surface area contributed by atoms with E-state index in [9.17, 15) is 4.39 Å². The highest BCUT2D eigenvalue weighted by molar-refractivity contribution is 7.80. The fraction of sp³-hybridized carbons (Fsp3) is 0.235. The van der Waals surface area contributed by atoms with E-state index in [0.717, 1.165) is 5.69 Å². The summed E-state index contributed by atoms with van der Waals surface area (Å²) in [7, 11) is 0. The lowest BCUT2D eigenvalue weighted by atomic mass is 10.1. The van der Waals surface area contributed by atoms with Crippen LogP contribution >= 0.6 is 12.2 Å². The number of hydrogen-bond donors (Lipinski definition) is 2. The lowest BCUT2D eigenvalue weighted by Gasteiger charge is -2.12. The van der Waals surface area contributed by atoms with E-state index in [1.807, 2.05) is 18.2 Å². The van der Waals surface area contributed by atoms with Crippen molar-refractivity contribution in [3.63, 3.8) is 0 Å². The zero-order chi connectivity index (χ0) is 15.9. The number of para-hydroxylation sites is 1. The summed E-state index contributed by atoms with van der Waals surface area (Å²) < 4.78 is 18.7. The van der Waals surface area contributed by atoms with Crippen molar-refractivity contribution in [3.8, 4) is 5.75 Å². The Morgan fingerprint density at radius 3 is 2.64 bits per heavy atom. The molecule has 2 aromatic rings. The van der Waals surface area contributed by atoms with E-state index in [0.29, 0.717) is 18.3 Å². The largest absolute Gasteiger partial charge is 0.489 e. The smallest absolute Gasteiger partial charge is 0.170 e. The maximum Gasteiger partial charge on any atom is 0.170 e. The summed E-state index contributed by atoms with van der Waals surface area (Å²) in [5, 5.41) is 6.65. The SMILES string of the molecule is Cc1ccc(NC(=S)NCCOc2ccccc2F)cc1C. The molecule has 2 N–H and O–H groups in total. The summed E-state index contributed by atoms with van der Waals surface area (Å²) >= 11 is 5.22. The van der Waals surface area contributed by atoms with E-state index < -0.39 is 0 Å². The van der Waals surface area contributed by atoms with Crippen molar-refractivity contribution in [1.82, 2.24) is 5.32 Å². The summed E-state index contributed by atoms with van der Waals surface area (Å²) in [6.07, 6.45) is 0. The van der Waals surface area contributed by atoms with Crippen LogP contribution in [0.15, 0.2) is 42.5 Å². The minimum Gasteiger partial charge on any atom is -0.489 e. The number of nitrogens with one attached hydrogen (secondary N) is 2. The molecule has 0 aromatic heterocycles. The topological polar surface area (TPSA) is 33.3 Å². The van der Waals surface area contributed by atoms with E-state index in [2.05, 4.69) is 24.5 Å². The van der Waals surface area contributed by atoms with Crippen molar-refractivity contribution in [2.45, 2.75) is 13.8 Å². The molecule has 0 amide bonds. The molecule has 5 heteroatoms. The Hall–Kier alpha value is -2.14. The first-order chi connectivity index (χ1) is 10.6. The van der Waals surface area contributed by atoms with Crippen molar-refractivity contribution in [2.75, 3.05) is 18.5 Å². The number of aryl methyl sites for hydroxylation is 2. The quantitative estimate of drug-likeness (QED) is 0.649. The molecule has 0 aliphatic rings. The molecule has 0 spiro atoms. The highest BCUT2D eigenvalue weighted by atomic mass is 32.1. The van der Waals surface area contributed by atoms with E-state index in [4.69, 9.17) is 17.0 Å². The molecule has 0 heterocycles. The minimum atomic E-state index is -0.363. The number of benzene rings is 2. The lowest BCUT2D eigenvalue weighted by Crippen LogP contribution is -2.32. The van der Waals surface area contributed by atoms with Gasteiger partial charge < -0.3 is 15.4 Å². The summed E-state index contributed by atoms with van der Waals surface area (Å²) in [6, 6.07) is 12.4. The maximum atomic E-state index is 13.3. The van der Waals surface area contributed by atoms with Crippen LogP contribution < -0.4 is 15.4 Å². The van der Waals surface area contributed by atoms with Crippen LogP contribution in [0.3, 0.4) is 0 Å². The van der Waals surface area contributed by atoms with Crippen molar-refractivity contribution >= 4 is 23.0 Å². The van der Waals surface area contributed by atoms with Gasteiger partial charge in [0.1, 0.15) is 6.61 Å². The van der Waals surface area contributed by atoms with E-state index in [1.54, 1.807) is 18.2 Å². The Balaban J connectivity index is 1.74. The zero-order valence-electron chi connectivity index (χ0n) is 12.7. The van der Waals surface area contributed by atoms with Gasteiger partial charge in [-0.15, -0.1) is 0 Å². The van der Waals surface area contributed by atoms with Crippen LogP contribution in [-0.4, -0.2) is 18.3 Å². The molecule has 0 unspecified atom stereocenters. The lowest BCUT2D eigenvalue weighted by molar-refractivity contribution is 0.306. The summed E-state index contributed by atoms with van der Waals surface area (Å²) in [5.74, 6) is -0.115. The van der Waals surface area contributed by atoms with Crippen LogP contribution in [0.1, 0.15) is 11.1 Å². The molecular formula is C17H19FN2OS. The van der Waals surface area contributed by atoms with Crippen LogP contribution in [0.2, 0.25) is 0 Å². The predicted octanol–water partition coefficient (Wildman–Crippen LogP) is 3.81. The van der Waals surface area contributed by atoms with E-state index in [1.165, 1.54) is 17.2 Å². The van der Waals surface area contributed by atoms with Crippen LogP contribution in [0.25, 0.3) is 0 Å². The van der Waals surface area contributed by atoms with Gasteiger partial charge in [-0.05, 0) is 61.5 Å². The van der Waals surface area contributed by atoms with Crippen molar-refractivity contribution in [1.29, 1.82) is 0 Å². The van der Waals surface area contributed by atoms with Gasteiger partial charge in [0.05, 0.1) is 6.54 Å². The third kappa shape index (κ3) is 4.70. The molecule has 22 heavy (non-hydrogen) atoms. The maximum absolute atomic E-state index is 13.3. The monoisotopic (exact) mass is 318 g/mol. The Bertz CT molecular complexity index is 661. The van der Waals surface area contributed by atoms with Crippen LogP contribution in [0.4, 0.5) is 10.1 Å². The number of thiocarbonyl (C=S) groups is 1. The first-order valence-electron chi connectivity index (χ1n) is 7.05. The molecule has 0 saturated heterocycles. The standard InChI is InChI=1S/C17H19FN2OS/c1-12-7-8-14(11-13(12)2)20-17(22)19-9-10-21-16-6-4-3-5-15(16)18/h3-8,11H,9-10H2,1-2H3,(H2,19,20,22). The van der Waals surface area contributed by atoms with Crippen LogP contribution in [0.5, 0.6) is 5.75 Å². The number of rotatable bonds is 5. The highest BCUT2D eigenvalue weighted by Gasteiger charge is 2.02. The van der Waals surface area contributed by atoms with Gasteiger partial charge in [0, 0.05) is 5.69 Å². The molecule has 0 bridgehead atoms.